The van der Waals surface area contributed by atoms with Crippen molar-refractivity contribution in [2.24, 2.45) is 0 Å². The molecular formula is C13H18Cl3O6P. The average Bonchev–Trinajstić information content (AvgIpc) is 2.92. The monoisotopic (exact) mass is 406 g/mol. The van der Waals surface area contributed by atoms with Crippen LogP contribution >= 0.6 is 43.4 Å². The van der Waals surface area contributed by atoms with Gasteiger partial charge in [-0.3, -0.25) is 4.52 Å². The Morgan fingerprint density at radius 2 is 1.74 bits per heavy atom. The molecule has 0 N–H and O–H groups in total. The van der Waals surface area contributed by atoms with Crippen molar-refractivity contribution < 1.29 is 27.8 Å². The minimum absolute atomic E-state index is 0.0806. The van der Waals surface area contributed by atoms with Gasteiger partial charge in [-0.1, -0.05) is 34.8 Å². The van der Waals surface area contributed by atoms with E-state index < -0.39 is 41.3 Å². The van der Waals surface area contributed by atoms with E-state index >= 15 is 0 Å². The number of fused-ring (bicyclic) bond motifs is 5. The Hall–Kier alpha value is 1.06. The maximum atomic E-state index is 6.36. The molecule has 0 spiro atoms. The number of hydrogen-bond donors (Lipinski definition) is 0. The number of halogens is 3. The molecule has 132 valence electrons. The minimum atomic E-state index is -1.74. The molecule has 4 aliphatic heterocycles. The Morgan fingerprint density at radius 3 is 2.39 bits per heavy atom. The molecule has 0 aromatic rings. The van der Waals surface area contributed by atoms with E-state index in [1.807, 2.05) is 20.8 Å². The molecule has 6 nitrogen and oxygen atoms in total. The highest BCUT2D eigenvalue weighted by atomic mass is 35.6. The summed E-state index contributed by atoms with van der Waals surface area (Å²) in [7, 11) is -1.47. The van der Waals surface area contributed by atoms with Crippen LogP contribution in [-0.4, -0.2) is 45.4 Å². The first kappa shape index (κ1) is 17.5. The summed E-state index contributed by atoms with van der Waals surface area (Å²) in [6, 6.07) is 0. The largest absolute Gasteiger partial charge is 0.338 e. The molecular weight excluding hydrogens is 389 g/mol. The highest BCUT2D eigenvalue weighted by Crippen LogP contribution is 2.69. The van der Waals surface area contributed by atoms with Crippen molar-refractivity contribution >= 4 is 43.4 Å². The molecule has 4 fully saturated rings. The second kappa shape index (κ2) is 4.86. The van der Waals surface area contributed by atoms with Gasteiger partial charge in [-0.25, -0.2) is 0 Å². The van der Waals surface area contributed by atoms with Crippen LogP contribution in [0.3, 0.4) is 0 Å². The van der Waals surface area contributed by atoms with Gasteiger partial charge in [0, 0.05) is 6.42 Å². The molecule has 0 saturated carbocycles. The summed E-state index contributed by atoms with van der Waals surface area (Å²) in [6.07, 6.45) is -0.552. The second-order valence-electron chi connectivity index (χ2n) is 7.00. The quantitative estimate of drug-likeness (QED) is 0.449. The maximum absolute atomic E-state index is 6.36. The molecule has 4 heterocycles. The summed E-state index contributed by atoms with van der Waals surface area (Å²) < 4.78 is 34.2. The van der Waals surface area contributed by atoms with E-state index in [0.29, 0.717) is 13.0 Å². The van der Waals surface area contributed by atoms with Crippen molar-refractivity contribution in [2.75, 3.05) is 6.61 Å². The fourth-order valence-electron chi connectivity index (χ4n) is 3.97. The summed E-state index contributed by atoms with van der Waals surface area (Å²) in [5, 5.41) is 0. The summed E-state index contributed by atoms with van der Waals surface area (Å²) in [4.78, 5) is 0. The van der Waals surface area contributed by atoms with Crippen molar-refractivity contribution in [1.82, 2.24) is 0 Å². The normalized spacial score (nSPS) is 58.8. The molecule has 0 unspecified atom stereocenters. The van der Waals surface area contributed by atoms with Gasteiger partial charge >= 0.3 is 8.60 Å². The first-order chi connectivity index (χ1) is 10.4. The molecule has 0 aliphatic carbocycles. The zero-order chi connectivity index (χ0) is 16.9. The van der Waals surface area contributed by atoms with E-state index in [9.17, 15) is 0 Å². The van der Waals surface area contributed by atoms with E-state index in [4.69, 9.17) is 62.6 Å². The number of hydrogen-bond acceptors (Lipinski definition) is 6. The molecule has 7 atom stereocenters. The van der Waals surface area contributed by atoms with Crippen LogP contribution in [0.4, 0.5) is 0 Å². The maximum Gasteiger partial charge on any atom is 0.333 e. The van der Waals surface area contributed by atoms with Gasteiger partial charge in [0.2, 0.25) is 15.9 Å². The lowest BCUT2D eigenvalue weighted by Crippen LogP contribution is -2.62. The van der Waals surface area contributed by atoms with Crippen molar-refractivity contribution in [3.63, 3.8) is 0 Å². The van der Waals surface area contributed by atoms with E-state index in [1.54, 1.807) is 6.92 Å². The van der Waals surface area contributed by atoms with Crippen molar-refractivity contribution in [2.45, 2.75) is 72.9 Å². The van der Waals surface area contributed by atoms with E-state index in [2.05, 4.69) is 0 Å². The lowest BCUT2D eigenvalue weighted by Gasteiger charge is -2.45. The van der Waals surface area contributed by atoms with Gasteiger partial charge in [0.15, 0.2) is 5.60 Å². The van der Waals surface area contributed by atoms with Crippen LogP contribution in [-0.2, 0) is 27.8 Å². The van der Waals surface area contributed by atoms with Gasteiger partial charge in [0.1, 0.15) is 11.2 Å². The molecule has 4 saturated heterocycles. The summed E-state index contributed by atoms with van der Waals surface area (Å²) in [6.45, 7) is 8.02. The van der Waals surface area contributed by atoms with Crippen LogP contribution in [0.5, 0.6) is 0 Å². The molecule has 2 bridgehead atoms. The van der Waals surface area contributed by atoms with Crippen molar-refractivity contribution in [3.8, 4) is 0 Å². The number of alkyl halides is 3. The third kappa shape index (κ3) is 2.14. The molecule has 4 rings (SSSR count). The van der Waals surface area contributed by atoms with Crippen LogP contribution in [0, 0.1) is 0 Å². The second-order valence-corrected chi connectivity index (χ2v) is 10.5. The molecule has 4 aliphatic rings. The van der Waals surface area contributed by atoms with Gasteiger partial charge in [0.05, 0.1) is 12.7 Å². The zero-order valence-electron chi connectivity index (χ0n) is 13.1. The van der Waals surface area contributed by atoms with Crippen LogP contribution < -0.4 is 0 Å². The predicted molar refractivity (Wildman–Crippen MR) is 84.4 cm³/mol. The van der Waals surface area contributed by atoms with Crippen LogP contribution in [0.15, 0.2) is 0 Å². The summed E-state index contributed by atoms with van der Waals surface area (Å²) in [5.41, 5.74) is -2.61. The first-order valence-electron chi connectivity index (χ1n) is 7.34. The average molecular weight is 408 g/mol. The fourth-order valence-corrected chi connectivity index (χ4v) is 5.72. The standard InChI is InChI=1S/C13H18Cl3O6P/c1-9-5-7-6-17-23(20-7)22-10(9,2)11(3)12(4,21-9)19-8(18-11)13(14,15)16/h7-8H,5-6H2,1-4H3/t7-,8-,9+,10+,11-,12-,23-/m1/s1. The first-order valence-corrected chi connectivity index (χ1v) is 9.57. The topological polar surface area (TPSA) is 55.4 Å². The predicted octanol–water partition coefficient (Wildman–Crippen LogP) is 3.81. The lowest BCUT2D eigenvalue weighted by molar-refractivity contribution is -0.256. The molecule has 0 amide bonds. The molecule has 0 aromatic carbocycles. The molecule has 0 radical (unpaired) electrons. The third-order valence-corrected chi connectivity index (χ3v) is 7.50. The van der Waals surface area contributed by atoms with Gasteiger partial charge < -0.3 is 23.3 Å². The minimum Gasteiger partial charge on any atom is -0.338 e. The van der Waals surface area contributed by atoms with Crippen molar-refractivity contribution in [3.05, 3.63) is 0 Å². The van der Waals surface area contributed by atoms with Gasteiger partial charge in [0.25, 0.3) is 0 Å². The Morgan fingerprint density at radius 1 is 1.04 bits per heavy atom. The Labute approximate surface area is 150 Å². The van der Waals surface area contributed by atoms with Crippen LogP contribution in [0.1, 0.15) is 34.1 Å². The fraction of sp³-hybridized carbons (Fsp3) is 1.00. The van der Waals surface area contributed by atoms with Gasteiger partial charge in [-0.2, -0.15) is 0 Å². The Balaban J connectivity index is 1.77. The van der Waals surface area contributed by atoms with E-state index in [1.165, 1.54) is 0 Å². The van der Waals surface area contributed by atoms with E-state index in [-0.39, 0.29) is 6.10 Å². The molecule has 0 aromatic heterocycles. The summed E-state index contributed by atoms with van der Waals surface area (Å²) >= 11 is 17.9. The molecule has 10 heteroatoms. The molecule has 23 heavy (non-hydrogen) atoms. The lowest BCUT2D eigenvalue weighted by atomic mass is 9.72. The Bertz CT molecular complexity index is 548. The number of rotatable bonds is 0. The van der Waals surface area contributed by atoms with Crippen molar-refractivity contribution in [1.29, 1.82) is 0 Å². The summed E-state index contributed by atoms with van der Waals surface area (Å²) in [5.74, 6) is -1.13. The zero-order valence-corrected chi connectivity index (χ0v) is 16.3. The smallest absolute Gasteiger partial charge is 0.333 e. The highest BCUT2D eigenvalue weighted by Gasteiger charge is 2.81. The van der Waals surface area contributed by atoms with Gasteiger partial charge in [-0.15, -0.1) is 0 Å². The Kier molecular flexibility index (Phi) is 3.69. The number of ether oxygens (including phenoxy) is 3. The third-order valence-electron chi connectivity index (χ3n) is 5.62. The van der Waals surface area contributed by atoms with E-state index in [0.717, 1.165) is 0 Å². The van der Waals surface area contributed by atoms with Crippen LogP contribution in [0.2, 0.25) is 0 Å². The van der Waals surface area contributed by atoms with Gasteiger partial charge in [-0.05, 0) is 27.7 Å². The van der Waals surface area contributed by atoms with Crippen LogP contribution in [0.25, 0.3) is 0 Å². The SMILES string of the molecule is C[C@]12O[C@H](C(Cl)(Cl)Cl)O[C@]1(C)[C@@]1(C)O[P@]3OC[C@@H](C[C@]1(C)O2)O3. The highest BCUT2D eigenvalue weighted by molar-refractivity contribution is 7.42.